The average Bonchev–Trinajstić information content (AvgIpc) is 2.49. The van der Waals surface area contributed by atoms with Crippen molar-refractivity contribution in [3.05, 3.63) is 72.0 Å². The van der Waals surface area contributed by atoms with E-state index >= 15 is 0 Å². The highest BCUT2D eigenvalue weighted by Crippen LogP contribution is 2.33. The van der Waals surface area contributed by atoms with E-state index in [2.05, 4.69) is 24.3 Å². The van der Waals surface area contributed by atoms with Crippen LogP contribution in [0, 0.1) is 5.82 Å². The van der Waals surface area contributed by atoms with Gasteiger partial charge in [-0.2, -0.15) is 0 Å². The van der Waals surface area contributed by atoms with Crippen LogP contribution in [0.2, 0.25) is 0 Å². The lowest BCUT2D eigenvalue weighted by molar-refractivity contribution is 0.101. The average molecular weight is 296 g/mol. The van der Waals surface area contributed by atoms with Crippen LogP contribution >= 0.6 is 11.8 Å². The third-order valence-electron chi connectivity index (χ3n) is 3.27. The molecule has 0 fully saturated rings. The molecule has 0 spiro atoms. The van der Waals surface area contributed by atoms with Crippen molar-refractivity contribution >= 4 is 28.3 Å². The third kappa shape index (κ3) is 2.98. The van der Waals surface area contributed by atoms with Crippen LogP contribution in [0.25, 0.3) is 10.8 Å². The standard InChI is InChI=1S/C18H13FOS/c1-12(20)17-11-15(19)7-9-18(17)21-16-8-6-13-4-2-3-5-14(13)10-16/h2-11H,1H3. The summed E-state index contributed by atoms with van der Waals surface area (Å²) in [6, 6.07) is 18.6. The second-order valence-electron chi connectivity index (χ2n) is 4.81. The van der Waals surface area contributed by atoms with Gasteiger partial charge in [-0.05, 0) is 48.0 Å². The molecule has 0 N–H and O–H groups in total. The van der Waals surface area contributed by atoms with Gasteiger partial charge in [-0.15, -0.1) is 0 Å². The fraction of sp³-hybridized carbons (Fsp3) is 0.0556. The van der Waals surface area contributed by atoms with Gasteiger partial charge in [0.25, 0.3) is 0 Å². The SMILES string of the molecule is CC(=O)c1cc(F)ccc1Sc1ccc2ccccc2c1. The fourth-order valence-corrected chi connectivity index (χ4v) is 3.25. The molecule has 0 amide bonds. The third-order valence-corrected chi connectivity index (χ3v) is 4.34. The number of carbonyl (C=O) groups excluding carboxylic acids is 1. The maximum absolute atomic E-state index is 13.3. The Bertz CT molecular complexity index is 826. The summed E-state index contributed by atoms with van der Waals surface area (Å²) in [5.41, 5.74) is 0.424. The first-order valence-corrected chi connectivity index (χ1v) is 7.42. The highest BCUT2D eigenvalue weighted by atomic mass is 32.2. The van der Waals surface area contributed by atoms with Crippen LogP contribution in [0.4, 0.5) is 4.39 Å². The number of benzene rings is 3. The summed E-state index contributed by atoms with van der Waals surface area (Å²) in [4.78, 5) is 13.4. The monoisotopic (exact) mass is 296 g/mol. The zero-order valence-electron chi connectivity index (χ0n) is 11.5. The minimum Gasteiger partial charge on any atom is -0.294 e. The number of halogens is 1. The van der Waals surface area contributed by atoms with Crippen LogP contribution in [0.3, 0.4) is 0 Å². The smallest absolute Gasteiger partial charge is 0.161 e. The molecule has 0 aliphatic rings. The van der Waals surface area contributed by atoms with Crippen molar-refractivity contribution in [1.82, 2.24) is 0 Å². The van der Waals surface area contributed by atoms with Crippen molar-refractivity contribution < 1.29 is 9.18 Å². The summed E-state index contributed by atoms with van der Waals surface area (Å²) < 4.78 is 13.3. The van der Waals surface area contributed by atoms with E-state index in [0.29, 0.717) is 5.56 Å². The first kappa shape index (κ1) is 13.8. The van der Waals surface area contributed by atoms with E-state index in [9.17, 15) is 9.18 Å². The van der Waals surface area contributed by atoms with Crippen molar-refractivity contribution in [2.45, 2.75) is 16.7 Å². The van der Waals surface area contributed by atoms with Crippen LogP contribution in [-0.4, -0.2) is 5.78 Å². The molecule has 0 aliphatic carbocycles. The van der Waals surface area contributed by atoms with Gasteiger partial charge < -0.3 is 0 Å². The zero-order chi connectivity index (χ0) is 14.8. The number of ketones is 1. The van der Waals surface area contributed by atoms with Gasteiger partial charge in [0.15, 0.2) is 5.78 Å². The van der Waals surface area contributed by atoms with Gasteiger partial charge in [0.1, 0.15) is 5.82 Å². The minimum atomic E-state index is -0.386. The molecule has 0 aliphatic heterocycles. The number of fused-ring (bicyclic) bond motifs is 1. The van der Waals surface area contributed by atoms with E-state index in [1.165, 1.54) is 36.2 Å². The summed E-state index contributed by atoms with van der Waals surface area (Å²) in [7, 11) is 0. The molecule has 0 unspecified atom stereocenters. The van der Waals surface area contributed by atoms with E-state index in [1.807, 2.05) is 18.2 Å². The maximum Gasteiger partial charge on any atom is 0.161 e. The van der Waals surface area contributed by atoms with E-state index in [0.717, 1.165) is 15.2 Å². The quantitative estimate of drug-likeness (QED) is 0.607. The van der Waals surface area contributed by atoms with Gasteiger partial charge in [0.2, 0.25) is 0 Å². The lowest BCUT2D eigenvalue weighted by Gasteiger charge is -2.08. The van der Waals surface area contributed by atoms with Gasteiger partial charge >= 0.3 is 0 Å². The Morgan fingerprint density at radius 1 is 0.952 bits per heavy atom. The van der Waals surface area contributed by atoms with Crippen LogP contribution < -0.4 is 0 Å². The van der Waals surface area contributed by atoms with Crippen molar-refractivity contribution in [3.63, 3.8) is 0 Å². The van der Waals surface area contributed by atoms with Gasteiger partial charge in [-0.1, -0.05) is 42.1 Å². The van der Waals surface area contributed by atoms with Crippen LogP contribution in [-0.2, 0) is 0 Å². The molecule has 0 aromatic heterocycles. The molecule has 0 saturated heterocycles. The molecule has 21 heavy (non-hydrogen) atoms. The summed E-state index contributed by atoms with van der Waals surface area (Å²) in [6.45, 7) is 1.46. The van der Waals surface area contributed by atoms with E-state index < -0.39 is 0 Å². The summed E-state index contributed by atoms with van der Waals surface area (Å²) in [5, 5.41) is 2.32. The van der Waals surface area contributed by atoms with Crippen LogP contribution in [0.5, 0.6) is 0 Å². The fourth-order valence-electron chi connectivity index (χ4n) is 2.22. The van der Waals surface area contributed by atoms with E-state index in [1.54, 1.807) is 6.07 Å². The number of hydrogen-bond donors (Lipinski definition) is 0. The lowest BCUT2D eigenvalue weighted by Crippen LogP contribution is -1.96. The molecular weight excluding hydrogens is 283 g/mol. The van der Waals surface area contributed by atoms with Gasteiger partial charge in [-0.3, -0.25) is 4.79 Å². The molecule has 3 rings (SSSR count). The summed E-state index contributed by atoms with van der Waals surface area (Å²) >= 11 is 1.48. The molecule has 0 radical (unpaired) electrons. The second kappa shape index (κ2) is 5.70. The molecule has 3 heteroatoms. The Labute approximate surface area is 126 Å². The molecular formula is C18H13FOS. The first-order chi connectivity index (χ1) is 10.1. The normalized spacial score (nSPS) is 10.8. The van der Waals surface area contributed by atoms with Crippen molar-refractivity contribution in [2.75, 3.05) is 0 Å². The second-order valence-corrected chi connectivity index (χ2v) is 5.92. The molecule has 0 bridgehead atoms. The minimum absolute atomic E-state index is 0.127. The number of hydrogen-bond acceptors (Lipinski definition) is 2. The topological polar surface area (TPSA) is 17.1 Å². The molecule has 0 saturated carbocycles. The Kier molecular flexibility index (Phi) is 3.76. The summed E-state index contributed by atoms with van der Waals surface area (Å²) in [6.07, 6.45) is 0. The van der Waals surface area contributed by atoms with Gasteiger partial charge in [0.05, 0.1) is 0 Å². The Morgan fingerprint density at radius 3 is 2.48 bits per heavy atom. The number of carbonyl (C=O) groups is 1. The molecule has 3 aromatic rings. The van der Waals surface area contributed by atoms with Crippen molar-refractivity contribution in [1.29, 1.82) is 0 Å². The molecule has 1 nitrogen and oxygen atoms in total. The number of Topliss-reactive ketones (excluding diaryl/α,β-unsaturated/α-hetero) is 1. The largest absolute Gasteiger partial charge is 0.294 e. The molecule has 0 heterocycles. The first-order valence-electron chi connectivity index (χ1n) is 6.60. The van der Waals surface area contributed by atoms with Crippen molar-refractivity contribution in [2.24, 2.45) is 0 Å². The highest BCUT2D eigenvalue weighted by Gasteiger charge is 2.10. The predicted molar refractivity (Wildman–Crippen MR) is 84.5 cm³/mol. The molecule has 104 valence electrons. The van der Waals surface area contributed by atoms with Crippen molar-refractivity contribution in [3.8, 4) is 0 Å². The van der Waals surface area contributed by atoms with E-state index in [4.69, 9.17) is 0 Å². The molecule has 0 atom stereocenters. The maximum atomic E-state index is 13.3. The van der Waals surface area contributed by atoms with Crippen LogP contribution in [0.15, 0.2) is 70.5 Å². The van der Waals surface area contributed by atoms with Crippen LogP contribution in [0.1, 0.15) is 17.3 Å². The zero-order valence-corrected chi connectivity index (χ0v) is 12.3. The number of rotatable bonds is 3. The lowest BCUT2D eigenvalue weighted by atomic mass is 10.1. The van der Waals surface area contributed by atoms with Gasteiger partial charge in [-0.25, -0.2) is 4.39 Å². The highest BCUT2D eigenvalue weighted by molar-refractivity contribution is 7.99. The Hall–Kier alpha value is -2.13. The molecule has 3 aromatic carbocycles. The van der Waals surface area contributed by atoms with E-state index in [-0.39, 0.29) is 11.6 Å². The Morgan fingerprint density at radius 2 is 1.71 bits per heavy atom. The summed E-state index contributed by atoms with van der Waals surface area (Å²) in [5.74, 6) is -0.513. The Balaban J connectivity index is 2.00. The van der Waals surface area contributed by atoms with Gasteiger partial charge in [0, 0.05) is 15.4 Å². The predicted octanol–water partition coefficient (Wildman–Crippen LogP) is 5.33.